The summed E-state index contributed by atoms with van der Waals surface area (Å²) in [5.41, 5.74) is 4.17. The van der Waals surface area contributed by atoms with Gasteiger partial charge in [0, 0.05) is 5.54 Å². The van der Waals surface area contributed by atoms with Gasteiger partial charge in [0.15, 0.2) is 0 Å². The quantitative estimate of drug-likeness (QED) is 0.551. The number of benzene rings is 1. The number of rotatable bonds is 1. The zero-order chi connectivity index (χ0) is 16.3. The van der Waals surface area contributed by atoms with Gasteiger partial charge in [0.25, 0.3) is 0 Å². The second-order valence-corrected chi connectivity index (χ2v) is 5.37. The number of halogens is 3. The van der Waals surface area contributed by atoms with E-state index in [-0.39, 0.29) is 11.6 Å². The zero-order valence-electron chi connectivity index (χ0n) is 11.9. The van der Waals surface area contributed by atoms with Gasteiger partial charge in [0.2, 0.25) is 5.96 Å². The molecular formula is C13H17F3N4O. The van der Waals surface area contributed by atoms with Crippen LogP contribution in [0.1, 0.15) is 26.3 Å². The van der Waals surface area contributed by atoms with Crippen LogP contribution in [0.2, 0.25) is 0 Å². The number of guanidine groups is 1. The third-order valence-electron chi connectivity index (χ3n) is 2.15. The summed E-state index contributed by atoms with van der Waals surface area (Å²) in [6, 6.07) is 3.75. The van der Waals surface area contributed by atoms with E-state index in [1.807, 2.05) is 0 Å². The molecular weight excluding hydrogens is 285 g/mol. The fourth-order valence-corrected chi connectivity index (χ4v) is 1.41. The fraction of sp³-hybridized carbons (Fsp3) is 0.385. The van der Waals surface area contributed by atoms with E-state index in [1.54, 1.807) is 20.8 Å². The average Bonchev–Trinajstić information content (AvgIpc) is 2.24. The third-order valence-corrected chi connectivity index (χ3v) is 2.15. The number of carbonyl (C=O) groups is 1. The Labute approximate surface area is 120 Å². The van der Waals surface area contributed by atoms with Crippen molar-refractivity contribution in [3.8, 4) is 0 Å². The third kappa shape index (κ3) is 6.15. The van der Waals surface area contributed by atoms with E-state index in [4.69, 9.17) is 5.73 Å². The molecule has 1 aromatic rings. The lowest BCUT2D eigenvalue weighted by Gasteiger charge is -2.20. The molecule has 0 aromatic heterocycles. The van der Waals surface area contributed by atoms with Crippen molar-refractivity contribution in [2.45, 2.75) is 32.5 Å². The molecule has 116 valence electrons. The van der Waals surface area contributed by atoms with E-state index in [1.165, 1.54) is 12.1 Å². The number of hydrogen-bond donors (Lipinski definition) is 3. The van der Waals surface area contributed by atoms with Gasteiger partial charge in [-0.05, 0) is 39.0 Å². The molecule has 5 nitrogen and oxygen atoms in total. The lowest BCUT2D eigenvalue weighted by molar-refractivity contribution is -0.137. The van der Waals surface area contributed by atoms with Crippen LogP contribution in [0, 0.1) is 0 Å². The largest absolute Gasteiger partial charge is 0.416 e. The SMILES string of the molecule is CC(C)(C)NC(=O)NC(N)=Nc1cccc(C(F)(F)F)c1. The Balaban J connectivity index is 2.81. The molecule has 0 fully saturated rings. The molecule has 0 aliphatic carbocycles. The number of amides is 2. The summed E-state index contributed by atoms with van der Waals surface area (Å²) in [7, 11) is 0. The van der Waals surface area contributed by atoms with Gasteiger partial charge >= 0.3 is 12.2 Å². The first-order valence-corrected chi connectivity index (χ1v) is 6.08. The lowest BCUT2D eigenvalue weighted by Crippen LogP contribution is -2.50. The maximum absolute atomic E-state index is 12.5. The van der Waals surface area contributed by atoms with Crippen LogP contribution in [0.3, 0.4) is 0 Å². The topological polar surface area (TPSA) is 79.5 Å². The highest BCUT2D eigenvalue weighted by molar-refractivity contribution is 5.96. The normalized spacial score (nSPS) is 13.0. The van der Waals surface area contributed by atoms with E-state index in [0.717, 1.165) is 12.1 Å². The van der Waals surface area contributed by atoms with Gasteiger partial charge in [-0.25, -0.2) is 9.79 Å². The van der Waals surface area contributed by atoms with Crippen molar-refractivity contribution in [2.24, 2.45) is 10.7 Å². The van der Waals surface area contributed by atoms with E-state index in [9.17, 15) is 18.0 Å². The van der Waals surface area contributed by atoms with Gasteiger partial charge in [-0.15, -0.1) is 0 Å². The summed E-state index contributed by atoms with van der Waals surface area (Å²) in [5, 5.41) is 4.82. The molecule has 0 atom stereocenters. The Kier molecular flexibility index (Phi) is 4.82. The van der Waals surface area contributed by atoms with Gasteiger partial charge in [-0.2, -0.15) is 13.2 Å². The summed E-state index contributed by atoms with van der Waals surface area (Å²) in [4.78, 5) is 15.2. The molecule has 0 saturated carbocycles. The van der Waals surface area contributed by atoms with Crippen LogP contribution in [0.15, 0.2) is 29.3 Å². The molecule has 0 bridgehead atoms. The maximum atomic E-state index is 12.5. The molecule has 4 N–H and O–H groups in total. The number of urea groups is 1. The van der Waals surface area contributed by atoms with Gasteiger partial charge < -0.3 is 11.1 Å². The Morgan fingerprint density at radius 2 is 1.86 bits per heavy atom. The summed E-state index contributed by atoms with van der Waals surface area (Å²) in [5.74, 6) is -0.295. The van der Waals surface area contributed by atoms with E-state index in [2.05, 4.69) is 15.6 Å². The van der Waals surface area contributed by atoms with Crippen molar-refractivity contribution in [1.82, 2.24) is 10.6 Å². The number of carbonyl (C=O) groups excluding carboxylic acids is 1. The minimum Gasteiger partial charge on any atom is -0.369 e. The number of alkyl halides is 3. The molecule has 0 unspecified atom stereocenters. The van der Waals surface area contributed by atoms with Crippen LogP contribution in [-0.4, -0.2) is 17.5 Å². The van der Waals surface area contributed by atoms with Crippen molar-refractivity contribution in [3.05, 3.63) is 29.8 Å². The van der Waals surface area contributed by atoms with E-state index in [0.29, 0.717) is 0 Å². The van der Waals surface area contributed by atoms with Crippen LogP contribution >= 0.6 is 0 Å². The van der Waals surface area contributed by atoms with Crippen molar-refractivity contribution < 1.29 is 18.0 Å². The first-order valence-electron chi connectivity index (χ1n) is 6.08. The minimum absolute atomic E-state index is 0.00150. The van der Waals surface area contributed by atoms with Crippen LogP contribution in [0.4, 0.5) is 23.7 Å². The highest BCUT2D eigenvalue weighted by Crippen LogP contribution is 2.31. The zero-order valence-corrected chi connectivity index (χ0v) is 11.9. The van der Waals surface area contributed by atoms with Crippen molar-refractivity contribution in [3.63, 3.8) is 0 Å². The minimum atomic E-state index is -4.46. The predicted octanol–water partition coefficient (Wildman–Crippen LogP) is 2.75. The average molecular weight is 302 g/mol. The van der Waals surface area contributed by atoms with Crippen LogP contribution in [0.5, 0.6) is 0 Å². The van der Waals surface area contributed by atoms with Gasteiger partial charge in [0.1, 0.15) is 0 Å². The number of nitrogens with zero attached hydrogens (tertiary/aromatic N) is 1. The summed E-state index contributed by atoms with van der Waals surface area (Å²) < 4.78 is 37.6. The Morgan fingerprint density at radius 3 is 2.38 bits per heavy atom. The second-order valence-electron chi connectivity index (χ2n) is 5.37. The van der Waals surface area contributed by atoms with Crippen molar-refractivity contribution in [2.75, 3.05) is 0 Å². The first-order chi connectivity index (χ1) is 9.47. The smallest absolute Gasteiger partial charge is 0.369 e. The predicted molar refractivity (Wildman–Crippen MR) is 74.1 cm³/mol. The Morgan fingerprint density at radius 1 is 1.24 bits per heavy atom. The van der Waals surface area contributed by atoms with Crippen LogP contribution < -0.4 is 16.4 Å². The van der Waals surface area contributed by atoms with Crippen molar-refractivity contribution >= 4 is 17.7 Å². The molecule has 2 amide bonds. The lowest BCUT2D eigenvalue weighted by atomic mass is 10.1. The summed E-state index contributed by atoms with van der Waals surface area (Å²) in [6.45, 7) is 5.31. The standard InChI is InChI=1S/C13H17F3N4O/c1-12(2,3)20-11(21)19-10(17)18-9-6-4-5-8(7-9)13(14,15)16/h4-7H,1-3H3,(H4,17,18,19,20,21). The summed E-state index contributed by atoms with van der Waals surface area (Å²) >= 11 is 0. The summed E-state index contributed by atoms with van der Waals surface area (Å²) in [6.07, 6.45) is -4.46. The highest BCUT2D eigenvalue weighted by atomic mass is 19.4. The van der Waals surface area contributed by atoms with E-state index < -0.39 is 23.3 Å². The molecule has 1 rings (SSSR count). The van der Waals surface area contributed by atoms with E-state index >= 15 is 0 Å². The number of hydrogen-bond acceptors (Lipinski definition) is 2. The van der Waals surface area contributed by atoms with Gasteiger partial charge in [0.05, 0.1) is 11.3 Å². The first kappa shape index (κ1) is 16.8. The Bertz CT molecular complexity index is 547. The molecule has 1 aromatic carbocycles. The highest BCUT2D eigenvalue weighted by Gasteiger charge is 2.30. The van der Waals surface area contributed by atoms with Gasteiger partial charge in [-0.3, -0.25) is 5.32 Å². The molecule has 0 heterocycles. The Hall–Kier alpha value is -2.25. The molecule has 0 aliphatic rings. The molecule has 0 saturated heterocycles. The molecule has 21 heavy (non-hydrogen) atoms. The fourth-order valence-electron chi connectivity index (χ4n) is 1.41. The van der Waals surface area contributed by atoms with Crippen molar-refractivity contribution in [1.29, 1.82) is 0 Å². The van der Waals surface area contributed by atoms with Gasteiger partial charge in [-0.1, -0.05) is 6.07 Å². The molecule has 8 heteroatoms. The molecule has 0 aliphatic heterocycles. The number of aliphatic imine (C=N–C) groups is 1. The van der Waals surface area contributed by atoms with Crippen LogP contribution in [-0.2, 0) is 6.18 Å². The number of nitrogens with one attached hydrogen (secondary N) is 2. The number of nitrogens with two attached hydrogens (primary N) is 1. The maximum Gasteiger partial charge on any atom is 0.416 e. The molecule has 0 radical (unpaired) electrons. The van der Waals surface area contributed by atoms with Crippen LogP contribution in [0.25, 0.3) is 0 Å². The monoisotopic (exact) mass is 302 g/mol. The molecule has 0 spiro atoms. The second kappa shape index (κ2) is 6.02.